The van der Waals surface area contributed by atoms with Crippen LogP contribution in [0.3, 0.4) is 0 Å². The maximum absolute atomic E-state index is 13.0. The molecule has 0 amide bonds. The summed E-state index contributed by atoms with van der Waals surface area (Å²) in [4.78, 5) is 26.7. The van der Waals surface area contributed by atoms with E-state index in [0.717, 1.165) is 43.9 Å². The molecule has 3 aromatic rings. The zero-order valence-corrected chi connectivity index (χ0v) is 15.1. The number of hydrogen-bond acceptors (Lipinski definition) is 6. The molecule has 0 radical (unpaired) electrons. The molecular formula is C19H22N6O2. The Morgan fingerprint density at radius 2 is 1.89 bits per heavy atom. The highest BCUT2D eigenvalue weighted by Crippen LogP contribution is 2.18. The molecule has 0 atom stereocenters. The largest absolute Gasteiger partial charge is 0.378 e. The first kappa shape index (κ1) is 16.5. The zero-order valence-electron chi connectivity index (χ0n) is 15.1. The predicted octanol–water partition coefficient (Wildman–Crippen LogP) is 0.813. The van der Waals surface area contributed by atoms with Gasteiger partial charge in [0.2, 0.25) is 5.95 Å². The number of nitrogens with zero attached hydrogens (tertiary/aromatic N) is 5. The Morgan fingerprint density at radius 1 is 1.07 bits per heavy atom. The average molecular weight is 366 g/mol. The van der Waals surface area contributed by atoms with Crippen molar-refractivity contribution in [1.82, 2.24) is 24.5 Å². The zero-order chi connectivity index (χ0) is 18.2. The van der Waals surface area contributed by atoms with Gasteiger partial charge in [0.1, 0.15) is 0 Å². The molecule has 0 aliphatic carbocycles. The Hall–Kier alpha value is -2.71. The number of aromatic nitrogens is 4. The smallest absolute Gasteiger partial charge is 0.278 e. The molecule has 0 spiro atoms. The van der Waals surface area contributed by atoms with Crippen LogP contribution < -0.4 is 10.5 Å². The Labute approximate surface area is 156 Å². The van der Waals surface area contributed by atoms with Gasteiger partial charge in [-0.05, 0) is 5.56 Å². The second-order valence-electron chi connectivity index (χ2n) is 7.07. The lowest BCUT2D eigenvalue weighted by Gasteiger charge is -2.27. The van der Waals surface area contributed by atoms with Crippen LogP contribution >= 0.6 is 0 Å². The molecule has 5 rings (SSSR count). The van der Waals surface area contributed by atoms with Gasteiger partial charge >= 0.3 is 0 Å². The van der Waals surface area contributed by atoms with Crippen molar-refractivity contribution >= 4 is 11.7 Å². The standard InChI is InChI=1S/C19H22N6O2/c26-17-15-13-23(12-14-4-2-1-3-5-14)7-6-16(15)20-18-21-19(22-25(17)18)24-8-10-27-11-9-24/h1-5H,6-13H2,(H,20,21,22). The Kier molecular flexibility index (Phi) is 4.14. The van der Waals surface area contributed by atoms with E-state index in [2.05, 4.69) is 37.0 Å². The average Bonchev–Trinajstić information content (AvgIpc) is 3.15. The number of ether oxygens (including phenoxy) is 1. The molecule has 2 aliphatic heterocycles. The van der Waals surface area contributed by atoms with Crippen LogP contribution in [-0.2, 0) is 24.2 Å². The van der Waals surface area contributed by atoms with E-state index in [0.29, 0.717) is 31.5 Å². The van der Waals surface area contributed by atoms with Gasteiger partial charge in [0, 0.05) is 39.1 Å². The number of anilines is 1. The van der Waals surface area contributed by atoms with E-state index in [1.165, 1.54) is 10.1 Å². The number of rotatable bonds is 3. The third kappa shape index (κ3) is 3.11. The van der Waals surface area contributed by atoms with Crippen LogP contribution in [0.25, 0.3) is 5.78 Å². The maximum atomic E-state index is 13.0. The first-order valence-corrected chi connectivity index (χ1v) is 9.37. The molecule has 2 aliphatic rings. The van der Waals surface area contributed by atoms with E-state index in [9.17, 15) is 4.79 Å². The third-order valence-electron chi connectivity index (χ3n) is 5.27. The van der Waals surface area contributed by atoms with E-state index in [1.807, 2.05) is 18.2 Å². The van der Waals surface area contributed by atoms with E-state index in [4.69, 9.17) is 4.74 Å². The lowest BCUT2D eigenvalue weighted by atomic mass is 10.1. The quantitative estimate of drug-likeness (QED) is 0.739. The third-order valence-corrected chi connectivity index (χ3v) is 5.27. The molecule has 4 heterocycles. The van der Waals surface area contributed by atoms with Crippen LogP contribution in [0.15, 0.2) is 35.1 Å². The topological polar surface area (TPSA) is 78.8 Å². The second kappa shape index (κ2) is 6.79. The summed E-state index contributed by atoms with van der Waals surface area (Å²) in [6.07, 6.45) is 0.771. The number of benzene rings is 1. The summed E-state index contributed by atoms with van der Waals surface area (Å²) in [5.41, 5.74) is 2.86. The van der Waals surface area contributed by atoms with Crippen molar-refractivity contribution in [2.24, 2.45) is 0 Å². The van der Waals surface area contributed by atoms with Gasteiger partial charge in [-0.1, -0.05) is 30.3 Å². The van der Waals surface area contributed by atoms with Crippen LogP contribution in [-0.4, -0.2) is 57.3 Å². The first-order chi connectivity index (χ1) is 13.3. The first-order valence-electron chi connectivity index (χ1n) is 9.37. The van der Waals surface area contributed by atoms with Crippen LogP contribution in [0.2, 0.25) is 0 Å². The van der Waals surface area contributed by atoms with Crippen LogP contribution in [0.1, 0.15) is 16.8 Å². The number of morpholine rings is 1. The fraction of sp³-hybridized carbons (Fsp3) is 0.421. The highest BCUT2D eigenvalue weighted by atomic mass is 16.5. The molecule has 27 heavy (non-hydrogen) atoms. The van der Waals surface area contributed by atoms with Gasteiger partial charge in [-0.25, -0.2) is 4.98 Å². The molecule has 1 N–H and O–H groups in total. The van der Waals surface area contributed by atoms with Crippen molar-refractivity contribution in [3.05, 3.63) is 57.5 Å². The van der Waals surface area contributed by atoms with E-state index < -0.39 is 0 Å². The number of hydrogen-bond donors (Lipinski definition) is 1. The molecule has 1 fully saturated rings. The van der Waals surface area contributed by atoms with Gasteiger partial charge in [0.25, 0.3) is 11.3 Å². The number of nitrogens with one attached hydrogen (secondary N) is 1. The fourth-order valence-electron chi connectivity index (χ4n) is 3.81. The minimum atomic E-state index is -0.0419. The molecule has 8 heteroatoms. The lowest BCUT2D eigenvalue weighted by Crippen LogP contribution is -2.37. The number of H-pyrrole nitrogens is 1. The van der Waals surface area contributed by atoms with Crippen molar-refractivity contribution in [1.29, 1.82) is 0 Å². The predicted molar refractivity (Wildman–Crippen MR) is 101 cm³/mol. The molecule has 0 bridgehead atoms. The van der Waals surface area contributed by atoms with Crippen molar-refractivity contribution in [3.63, 3.8) is 0 Å². The summed E-state index contributed by atoms with van der Waals surface area (Å²) in [5, 5.41) is 3.13. The van der Waals surface area contributed by atoms with Gasteiger partial charge in [0.05, 0.1) is 24.5 Å². The van der Waals surface area contributed by atoms with Gasteiger partial charge in [-0.2, -0.15) is 9.50 Å². The minimum Gasteiger partial charge on any atom is -0.378 e. The summed E-state index contributed by atoms with van der Waals surface area (Å²) in [6.45, 7) is 5.22. The maximum Gasteiger partial charge on any atom is 0.278 e. The fourth-order valence-corrected chi connectivity index (χ4v) is 3.81. The summed E-state index contributed by atoms with van der Waals surface area (Å²) < 4.78 is 6.87. The van der Waals surface area contributed by atoms with Crippen LogP contribution in [0.5, 0.6) is 0 Å². The Balaban J connectivity index is 1.44. The summed E-state index contributed by atoms with van der Waals surface area (Å²) >= 11 is 0. The van der Waals surface area contributed by atoms with Gasteiger partial charge in [-0.3, -0.25) is 14.8 Å². The molecule has 2 aromatic heterocycles. The molecule has 0 unspecified atom stereocenters. The van der Waals surface area contributed by atoms with Crippen LogP contribution in [0, 0.1) is 0 Å². The molecular weight excluding hydrogens is 344 g/mol. The Bertz CT molecular complexity index is 1010. The molecule has 0 saturated carbocycles. The van der Waals surface area contributed by atoms with E-state index in [-0.39, 0.29) is 5.56 Å². The highest BCUT2D eigenvalue weighted by molar-refractivity contribution is 5.41. The van der Waals surface area contributed by atoms with Crippen molar-refractivity contribution in [2.75, 3.05) is 37.7 Å². The van der Waals surface area contributed by atoms with Gasteiger partial charge in [0.15, 0.2) is 0 Å². The second-order valence-corrected chi connectivity index (χ2v) is 7.07. The molecule has 1 aromatic carbocycles. The van der Waals surface area contributed by atoms with Crippen molar-refractivity contribution in [3.8, 4) is 0 Å². The van der Waals surface area contributed by atoms with E-state index in [1.54, 1.807) is 0 Å². The van der Waals surface area contributed by atoms with Gasteiger partial charge in [-0.15, -0.1) is 0 Å². The summed E-state index contributed by atoms with van der Waals surface area (Å²) in [7, 11) is 0. The van der Waals surface area contributed by atoms with E-state index >= 15 is 0 Å². The number of fused-ring (bicyclic) bond motifs is 2. The monoisotopic (exact) mass is 366 g/mol. The van der Waals surface area contributed by atoms with Crippen LogP contribution in [0.4, 0.5) is 5.95 Å². The Morgan fingerprint density at radius 3 is 2.70 bits per heavy atom. The SMILES string of the molecule is O=c1c2c(nc3nc(N4CCOCC4)[nH]n13)CCN(Cc1ccccc1)C2. The lowest BCUT2D eigenvalue weighted by molar-refractivity contribution is 0.122. The molecule has 8 nitrogen and oxygen atoms in total. The van der Waals surface area contributed by atoms with Crippen molar-refractivity contribution in [2.45, 2.75) is 19.5 Å². The molecule has 140 valence electrons. The minimum absolute atomic E-state index is 0.0419. The summed E-state index contributed by atoms with van der Waals surface area (Å²) in [5.74, 6) is 1.14. The number of aromatic amines is 1. The highest BCUT2D eigenvalue weighted by Gasteiger charge is 2.24. The summed E-state index contributed by atoms with van der Waals surface area (Å²) in [6, 6.07) is 10.4. The van der Waals surface area contributed by atoms with Crippen molar-refractivity contribution < 1.29 is 4.74 Å². The van der Waals surface area contributed by atoms with Gasteiger partial charge < -0.3 is 9.64 Å². The molecule has 1 saturated heterocycles. The normalized spacial score (nSPS) is 18.0.